The van der Waals surface area contributed by atoms with Gasteiger partial charge in [0.2, 0.25) is 0 Å². The summed E-state index contributed by atoms with van der Waals surface area (Å²) in [6, 6.07) is 43.5. The van der Waals surface area contributed by atoms with Crippen molar-refractivity contribution in [2.75, 3.05) is 0 Å². The summed E-state index contributed by atoms with van der Waals surface area (Å²) in [4.78, 5) is 0. The van der Waals surface area contributed by atoms with Crippen LogP contribution < -0.4 is 0 Å². The molecule has 0 N–H and O–H groups in total. The molecule has 0 fully saturated rings. The van der Waals surface area contributed by atoms with Crippen LogP contribution in [0.15, 0.2) is 121 Å². The zero-order chi connectivity index (χ0) is 28.0. The van der Waals surface area contributed by atoms with Gasteiger partial charge in [-0.3, -0.25) is 0 Å². The second-order valence-electron chi connectivity index (χ2n) is 9.36. The predicted molar refractivity (Wildman–Crippen MR) is 179 cm³/mol. The van der Waals surface area contributed by atoms with Crippen LogP contribution in [0.25, 0.3) is 43.8 Å². The molecule has 0 heterocycles. The second kappa shape index (κ2) is 17.7. The molecular formula is C38H40SiZr. The molecule has 40 heavy (non-hydrogen) atoms. The van der Waals surface area contributed by atoms with Crippen LogP contribution in [-0.2, 0) is 39.0 Å². The average Bonchev–Trinajstić information content (AvgIpc) is 3.64. The zero-order valence-electron chi connectivity index (χ0n) is 24.3. The molecule has 0 aliphatic carbocycles. The van der Waals surface area contributed by atoms with Crippen LogP contribution in [0.4, 0.5) is 0 Å². The fraction of sp³-hybridized carbons (Fsp3) is 0.158. The van der Waals surface area contributed by atoms with Crippen LogP contribution in [-0.4, -0.2) is 16.0 Å². The van der Waals surface area contributed by atoms with E-state index in [2.05, 4.69) is 141 Å². The number of aryl methyl sites for hydroxylation is 2. The van der Waals surface area contributed by atoms with E-state index < -0.39 is 0 Å². The van der Waals surface area contributed by atoms with E-state index >= 15 is 0 Å². The van der Waals surface area contributed by atoms with Crippen LogP contribution in [0.1, 0.15) is 38.8 Å². The first kappa shape index (κ1) is 33.3. The van der Waals surface area contributed by atoms with Gasteiger partial charge in [0.1, 0.15) is 0 Å². The molecule has 0 spiro atoms. The van der Waals surface area contributed by atoms with E-state index in [1.165, 1.54) is 64.8 Å². The largest absolute Gasteiger partial charge is 4.00 e. The van der Waals surface area contributed by atoms with Crippen molar-refractivity contribution in [3.05, 3.63) is 139 Å². The maximum atomic E-state index is 4.53. The van der Waals surface area contributed by atoms with Gasteiger partial charge in [0.25, 0.3) is 0 Å². The van der Waals surface area contributed by atoms with Crippen molar-refractivity contribution in [1.82, 2.24) is 0 Å². The molecule has 0 aromatic heterocycles. The summed E-state index contributed by atoms with van der Waals surface area (Å²) in [6.07, 6.45) is 8.73. The van der Waals surface area contributed by atoms with E-state index in [-0.39, 0.29) is 26.2 Å². The molecule has 0 unspecified atom stereocenters. The standard InChI is InChI=1S/2C17H15.C3H7.CH3Si.Zr/c2*1-2-13-11-15-9-6-10-16(17(15)12-13)14-7-4-3-5-8-14;1-3-2;1-2;/h2*3-12H,2H2,1H3;3H,1-2H3;1H,2H2;/q4*-1;+4. The Morgan fingerprint density at radius 2 is 0.925 bits per heavy atom. The Hall–Kier alpha value is -2.93. The minimum atomic E-state index is 0. The minimum absolute atomic E-state index is 0. The van der Waals surface area contributed by atoms with E-state index in [0.717, 1.165) is 12.8 Å². The van der Waals surface area contributed by atoms with Gasteiger partial charge in [-0.2, -0.15) is 26.0 Å². The second-order valence-corrected chi connectivity index (χ2v) is 9.36. The summed E-state index contributed by atoms with van der Waals surface area (Å²) < 4.78 is 0. The van der Waals surface area contributed by atoms with Crippen molar-refractivity contribution in [2.24, 2.45) is 0 Å². The monoisotopic (exact) mass is 614 g/mol. The van der Waals surface area contributed by atoms with Gasteiger partial charge >= 0.3 is 26.2 Å². The van der Waals surface area contributed by atoms with Crippen LogP contribution >= 0.6 is 0 Å². The molecule has 200 valence electrons. The van der Waals surface area contributed by atoms with Crippen molar-refractivity contribution >= 4 is 37.6 Å². The third kappa shape index (κ3) is 8.53. The Bertz CT molecular complexity index is 1420. The summed E-state index contributed by atoms with van der Waals surface area (Å²) in [5.74, 6) is 0. The molecule has 0 bridgehead atoms. The van der Waals surface area contributed by atoms with Gasteiger partial charge in [0.15, 0.2) is 0 Å². The van der Waals surface area contributed by atoms with E-state index in [1.807, 2.05) is 20.3 Å². The van der Waals surface area contributed by atoms with Gasteiger partial charge in [-0.1, -0.05) is 97.8 Å². The molecule has 0 saturated heterocycles. The molecule has 6 rings (SSSR count). The Kier molecular flexibility index (Phi) is 14.7. The smallest absolute Gasteiger partial charge is 0.533 e. The van der Waals surface area contributed by atoms with E-state index in [0.29, 0.717) is 0 Å². The quantitative estimate of drug-likeness (QED) is 0.137. The summed E-state index contributed by atoms with van der Waals surface area (Å²) in [5.41, 5.74) is 8.11. The van der Waals surface area contributed by atoms with Gasteiger partial charge in [-0.05, 0) is 24.0 Å². The summed E-state index contributed by atoms with van der Waals surface area (Å²) >= 11 is 0. The molecule has 0 saturated carbocycles. The molecule has 6 aromatic carbocycles. The van der Waals surface area contributed by atoms with Crippen molar-refractivity contribution in [1.29, 1.82) is 0 Å². The van der Waals surface area contributed by atoms with Gasteiger partial charge < -0.3 is 12.6 Å². The maximum Gasteiger partial charge on any atom is 4.00 e. The summed E-state index contributed by atoms with van der Waals surface area (Å²) in [5, 5.41) is 5.44. The van der Waals surface area contributed by atoms with E-state index in [9.17, 15) is 0 Å². The average molecular weight is 616 g/mol. The van der Waals surface area contributed by atoms with Gasteiger partial charge in [-0.25, -0.2) is 9.85 Å². The molecule has 0 nitrogen and oxygen atoms in total. The molecule has 0 aliphatic heterocycles. The maximum absolute atomic E-state index is 4.53. The van der Waals surface area contributed by atoms with Gasteiger partial charge in [-0.15, -0.1) is 69.1 Å². The van der Waals surface area contributed by atoms with E-state index in [1.54, 1.807) is 0 Å². The predicted octanol–water partition coefficient (Wildman–Crippen LogP) is 9.73. The van der Waals surface area contributed by atoms with Crippen molar-refractivity contribution in [3.63, 3.8) is 0 Å². The van der Waals surface area contributed by atoms with Crippen molar-refractivity contribution in [3.8, 4) is 22.3 Å². The number of hydrogen-bond donors (Lipinski definition) is 0. The van der Waals surface area contributed by atoms with Gasteiger partial charge in [0, 0.05) is 0 Å². The van der Waals surface area contributed by atoms with Crippen LogP contribution in [0.3, 0.4) is 0 Å². The Morgan fingerprint density at radius 1 is 0.575 bits per heavy atom. The number of hydrogen-bond acceptors (Lipinski definition) is 0. The number of rotatable bonds is 4. The normalized spacial score (nSPS) is 9.80. The molecule has 2 heteroatoms. The molecule has 0 atom stereocenters. The van der Waals surface area contributed by atoms with Crippen LogP contribution in [0.5, 0.6) is 0 Å². The fourth-order valence-corrected chi connectivity index (χ4v) is 4.74. The topological polar surface area (TPSA) is 0 Å². The first-order valence-electron chi connectivity index (χ1n) is 13.8. The summed E-state index contributed by atoms with van der Waals surface area (Å²) in [7, 11) is 1.36. The minimum Gasteiger partial charge on any atom is -0.533 e. The van der Waals surface area contributed by atoms with Gasteiger partial charge in [0.05, 0.1) is 0 Å². The van der Waals surface area contributed by atoms with Crippen LogP contribution in [0, 0.1) is 6.42 Å². The molecule has 0 amide bonds. The summed E-state index contributed by atoms with van der Waals surface area (Å²) in [6.45, 7) is 8.41. The Balaban J connectivity index is 0.000000237. The van der Waals surface area contributed by atoms with E-state index in [4.69, 9.17) is 0 Å². The molecule has 6 aromatic rings. The first-order valence-corrected chi connectivity index (χ1v) is 14.6. The molecule has 0 aliphatic rings. The third-order valence-corrected chi connectivity index (χ3v) is 6.61. The zero-order valence-corrected chi connectivity index (χ0v) is 28.2. The molecule has 0 radical (unpaired) electrons. The first-order chi connectivity index (χ1) is 19.2. The number of fused-ring (bicyclic) bond motifs is 2. The fourth-order valence-electron chi connectivity index (χ4n) is 4.74. The SMILES string of the molecule is CCc1cc2c(-c3ccccc3)cccc2[cH-]1.CCc1cc2c(-c3ccccc3)cccc2[cH-]1.C[CH-]C.[CH-]=[SiH2].[Zr+4]. The number of benzene rings is 4. The van der Waals surface area contributed by atoms with Crippen molar-refractivity contribution in [2.45, 2.75) is 40.5 Å². The van der Waals surface area contributed by atoms with Crippen molar-refractivity contribution < 1.29 is 26.2 Å². The third-order valence-electron chi connectivity index (χ3n) is 6.61. The molecular weight excluding hydrogens is 576 g/mol. The Labute approximate surface area is 264 Å². The van der Waals surface area contributed by atoms with Crippen LogP contribution in [0.2, 0.25) is 0 Å². The Morgan fingerprint density at radius 3 is 1.25 bits per heavy atom.